The van der Waals surface area contributed by atoms with Gasteiger partial charge >= 0.3 is 0 Å². The van der Waals surface area contributed by atoms with Crippen LogP contribution < -0.4 is 11.1 Å². The predicted molar refractivity (Wildman–Crippen MR) is 74.0 cm³/mol. The smallest absolute Gasteiger partial charge is 0.241 e. The molecule has 0 spiro atoms. The summed E-state index contributed by atoms with van der Waals surface area (Å²) in [5.41, 5.74) is 8.18. The van der Waals surface area contributed by atoms with Crippen LogP contribution >= 0.6 is 0 Å². The molecule has 0 bridgehead atoms. The maximum absolute atomic E-state index is 12.2. The standard InChI is InChI=1S/C13H17N5O2/c14-12(8-3-5-20-6-4-8)13(19)15-9-1-2-10-11(7-9)17-18-16-10/h1-2,7-8,12H,3-6,14H2,(H,15,19)(H,16,17,18). The molecule has 0 aliphatic carbocycles. The molecule has 1 aromatic carbocycles. The molecule has 1 saturated heterocycles. The number of hydrogen-bond acceptors (Lipinski definition) is 5. The van der Waals surface area contributed by atoms with Crippen molar-refractivity contribution in [1.29, 1.82) is 0 Å². The Balaban J connectivity index is 1.67. The number of ether oxygens (including phenoxy) is 1. The fourth-order valence-corrected chi connectivity index (χ4v) is 2.43. The lowest BCUT2D eigenvalue weighted by Gasteiger charge is -2.26. The summed E-state index contributed by atoms with van der Waals surface area (Å²) in [5, 5.41) is 13.3. The largest absolute Gasteiger partial charge is 0.381 e. The van der Waals surface area contributed by atoms with E-state index in [1.807, 2.05) is 0 Å². The van der Waals surface area contributed by atoms with Gasteiger partial charge in [0.15, 0.2) is 0 Å². The molecular weight excluding hydrogens is 258 g/mol. The van der Waals surface area contributed by atoms with Gasteiger partial charge < -0.3 is 15.8 Å². The van der Waals surface area contributed by atoms with E-state index >= 15 is 0 Å². The minimum absolute atomic E-state index is 0.167. The molecule has 4 N–H and O–H groups in total. The van der Waals surface area contributed by atoms with Gasteiger partial charge in [-0.15, -0.1) is 0 Å². The highest BCUT2D eigenvalue weighted by atomic mass is 16.5. The number of amides is 1. The number of H-pyrrole nitrogens is 1. The molecule has 0 radical (unpaired) electrons. The number of hydrogen-bond donors (Lipinski definition) is 3. The Morgan fingerprint density at radius 1 is 1.35 bits per heavy atom. The van der Waals surface area contributed by atoms with E-state index in [2.05, 4.69) is 20.7 Å². The number of rotatable bonds is 3. The second-order valence-corrected chi connectivity index (χ2v) is 4.99. The third-order valence-electron chi connectivity index (χ3n) is 3.66. The molecule has 0 saturated carbocycles. The minimum atomic E-state index is -0.507. The van der Waals surface area contributed by atoms with Crippen molar-refractivity contribution in [2.45, 2.75) is 18.9 Å². The van der Waals surface area contributed by atoms with Gasteiger partial charge in [0, 0.05) is 18.9 Å². The quantitative estimate of drug-likeness (QED) is 0.762. The highest BCUT2D eigenvalue weighted by Crippen LogP contribution is 2.20. The lowest BCUT2D eigenvalue weighted by Crippen LogP contribution is -2.43. The number of carbonyl (C=O) groups is 1. The Bertz CT molecular complexity index is 606. The summed E-state index contributed by atoms with van der Waals surface area (Å²) in [6.45, 7) is 1.35. The van der Waals surface area contributed by atoms with Gasteiger partial charge in [0.25, 0.3) is 0 Å². The number of anilines is 1. The molecule has 1 fully saturated rings. The van der Waals surface area contributed by atoms with Crippen LogP contribution in [-0.4, -0.2) is 40.6 Å². The maximum Gasteiger partial charge on any atom is 0.241 e. The molecule has 20 heavy (non-hydrogen) atoms. The van der Waals surface area contributed by atoms with Gasteiger partial charge in [0.1, 0.15) is 11.0 Å². The van der Waals surface area contributed by atoms with Crippen LogP contribution in [0.5, 0.6) is 0 Å². The molecule has 1 atom stereocenters. The summed E-state index contributed by atoms with van der Waals surface area (Å²) in [4.78, 5) is 12.2. The summed E-state index contributed by atoms with van der Waals surface area (Å²) >= 11 is 0. The average molecular weight is 275 g/mol. The summed E-state index contributed by atoms with van der Waals surface area (Å²) in [5.74, 6) is 0.0132. The van der Waals surface area contributed by atoms with Gasteiger partial charge in [-0.25, -0.2) is 0 Å². The molecule has 1 amide bonds. The molecule has 106 valence electrons. The van der Waals surface area contributed by atoms with Crippen LogP contribution in [-0.2, 0) is 9.53 Å². The van der Waals surface area contributed by atoms with Crippen molar-refractivity contribution < 1.29 is 9.53 Å². The van der Waals surface area contributed by atoms with Gasteiger partial charge in [-0.2, -0.15) is 15.4 Å². The van der Waals surface area contributed by atoms with E-state index in [4.69, 9.17) is 10.5 Å². The molecule has 1 unspecified atom stereocenters. The molecule has 2 aromatic rings. The monoisotopic (exact) mass is 275 g/mol. The van der Waals surface area contributed by atoms with Gasteiger partial charge in [0.05, 0.1) is 6.04 Å². The Hall–Kier alpha value is -1.99. The third kappa shape index (κ3) is 2.63. The number of benzene rings is 1. The van der Waals surface area contributed by atoms with E-state index in [1.165, 1.54) is 0 Å². The highest BCUT2D eigenvalue weighted by molar-refractivity contribution is 5.96. The molecule has 1 aliphatic heterocycles. The van der Waals surface area contributed by atoms with E-state index in [1.54, 1.807) is 18.2 Å². The highest BCUT2D eigenvalue weighted by Gasteiger charge is 2.26. The van der Waals surface area contributed by atoms with Crippen LogP contribution in [0.3, 0.4) is 0 Å². The lowest BCUT2D eigenvalue weighted by molar-refractivity contribution is -0.119. The van der Waals surface area contributed by atoms with Crippen LogP contribution in [0.15, 0.2) is 18.2 Å². The average Bonchev–Trinajstić information content (AvgIpc) is 2.95. The number of aromatic amines is 1. The SMILES string of the molecule is NC(C(=O)Nc1ccc2n[nH]nc2c1)C1CCOCC1. The van der Waals surface area contributed by atoms with Crippen molar-refractivity contribution >= 4 is 22.6 Å². The van der Waals surface area contributed by atoms with Crippen LogP contribution in [0.2, 0.25) is 0 Å². The fourth-order valence-electron chi connectivity index (χ4n) is 2.43. The zero-order valence-corrected chi connectivity index (χ0v) is 11.0. The van der Waals surface area contributed by atoms with Crippen molar-refractivity contribution in [3.05, 3.63) is 18.2 Å². The van der Waals surface area contributed by atoms with E-state index in [0.29, 0.717) is 24.4 Å². The molecule has 3 rings (SSSR count). The number of carbonyl (C=O) groups excluding carboxylic acids is 1. The fraction of sp³-hybridized carbons (Fsp3) is 0.462. The van der Waals surface area contributed by atoms with Crippen molar-refractivity contribution in [3.8, 4) is 0 Å². The Labute approximate surface area is 115 Å². The molecule has 2 heterocycles. The second kappa shape index (κ2) is 5.56. The first kappa shape index (κ1) is 13.0. The molecule has 1 aliphatic rings. The van der Waals surface area contributed by atoms with Crippen molar-refractivity contribution in [2.24, 2.45) is 11.7 Å². The van der Waals surface area contributed by atoms with Crippen molar-refractivity contribution in [3.63, 3.8) is 0 Å². The molecule has 7 heteroatoms. The Morgan fingerprint density at radius 2 is 2.10 bits per heavy atom. The summed E-state index contributed by atoms with van der Waals surface area (Å²) in [6.07, 6.45) is 1.66. The zero-order valence-electron chi connectivity index (χ0n) is 11.0. The first-order valence-electron chi connectivity index (χ1n) is 6.69. The van der Waals surface area contributed by atoms with E-state index in [0.717, 1.165) is 18.4 Å². The maximum atomic E-state index is 12.2. The van der Waals surface area contributed by atoms with Gasteiger partial charge in [0.2, 0.25) is 5.91 Å². The van der Waals surface area contributed by atoms with E-state index in [9.17, 15) is 4.79 Å². The molecule has 7 nitrogen and oxygen atoms in total. The van der Waals surface area contributed by atoms with Gasteiger partial charge in [-0.3, -0.25) is 4.79 Å². The lowest BCUT2D eigenvalue weighted by atomic mass is 9.92. The molecule has 1 aromatic heterocycles. The predicted octanol–water partition coefficient (Wildman–Crippen LogP) is 0.650. The first-order valence-corrected chi connectivity index (χ1v) is 6.69. The zero-order chi connectivity index (χ0) is 13.9. The summed E-state index contributed by atoms with van der Waals surface area (Å²) < 4.78 is 5.28. The summed E-state index contributed by atoms with van der Waals surface area (Å²) in [7, 11) is 0. The Morgan fingerprint density at radius 3 is 2.90 bits per heavy atom. The topological polar surface area (TPSA) is 106 Å². The van der Waals surface area contributed by atoms with Crippen LogP contribution in [0.25, 0.3) is 11.0 Å². The number of fused-ring (bicyclic) bond motifs is 1. The van der Waals surface area contributed by atoms with Crippen LogP contribution in [0, 0.1) is 5.92 Å². The normalized spacial score (nSPS) is 18.1. The van der Waals surface area contributed by atoms with E-state index in [-0.39, 0.29) is 11.8 Å². The third-order valence-corrected chi connectivity index (χ3v) is 3.66. The number of nitrogens with two attached hydrogens (primary N) is 1. The van der Waals surface area contributed by atoms with Crippen molar-refractivity contribution in [2.75, 3.05) is 18.5 Å². The first-order chi connectivity index (χ1) is 9.74. The number of aromatic nitrogens is 3. The van der Waals surface area contributed by atoms with E-state index < -0.39 is 6.04 Å². The molecular formula is C13H17N5O2. The number of nitrogens with one attached hydrogen (secondary N) is 2. The van der Waals surface area contributed by atoms with Crippen LogP contribution in [0.4, 0.5) is 5.69 Å². The van der Waals surface area contributed by atoms with Crippen LogP contribution in [0.1, 0.15) is 12.8 Å². The summed E-state index contributed by atoms with van der Waals surface area (Å²) in [6, 6.07) is 4.85. The van der Waals surface area contributed by atoms with Crippen molar-refractivity contribution in [1.82, 2.24) is 15.4 Å². The second-order valence-electron chi connectivity index (χ2n) is 4.99. The van der Waals surface area contributed by atoms with Gasteiger partial charge in [-0.05, 0) is 37.0 Å². The Kier molecular flexibility index (Phi) is 3.62. The number of nitrogens with zero attached hydrogens (tertiary/aromatic N) is 2. The van der Waals surface area contributed by atoms with Gasteiger partial charge in [-0.1, -0.05) is 0 Å². The minimum Gasteiger partial charge on any atom is -0.381 e.